The molecular formula is C20H25N7. The zero-order valence-electron chi connectivity index (χ0n) is 15.4. The Hall–Kier alpha value is -3.35. The van der Waals surface area contributed by atoms with Gasteiger partial charge in [-0.05, 0) is 54.8 Å². The Morgan fingerprint density at radius 3 is 2.74 bits per heavy atom. The van der Waals surface area contributed by atoms with Crippen LogP contribution in [-0.4, -0.2) is 23.2 Å². The summed E-state index contributed by atoms with van der Waals surface area (Å²) in [6, 6.07) is 5.63. The lowest BCUT2D eigenvalue weighted by Crippen LogP contribution is -2.17. The summed E-state index contributed by atoms with van der Waals surface area (Å²) in [6.07, 6.45) is 11.8. The van der Waals surface area contributed by atoms with Gasteiger partial charge >= 0.3 is 0 Å². The molecule has 0 saturated heterocycles. The second-order valence-electron chi connectivity index (χ2n) is 6.51. The normalized spacial score (nSPS) is 16.1. The predicted molar refractivity (Wildman–Crippen MR) is 111 cm³/mol. The quantitative estimate of drug-likeness (QED) is 0.380. The molecule has 0 spiro atoms. The Bertz CT molecular complexity index is 923. The molecule has 0 aromatic carbocycles. The van der Waals surface area contributed by atoms with Gasteiger partial charge in [-0.1, -0.05) is 6.42 Å². The highest BCUT2D eigenvalue weighted by Crippen LogP contribution is 2.33. The summed E-state index contributed by atoms with van der Waals surface area (Å²) in [5.41, 5.74) is 16.0. The zero-order valence-corrected chi connectivity index (χ0v) is 15.4. The molecule has 7 N–H and O–H groups in total. The van der Waals surface area contributed by atoms with Crippen LogP contribution in [0, 0.1) is 11.3 Å². The molecule has 1 fully saturated rings. The number of rotatable bonds is 7. The van der Waals surface area contributed by atoms with E-state index < -0.39 is 0 Å². The molecule has 2 aromatic rings. The van der Waals surface area contributed by atoms with Crippen LogP contribution in [0.2, 0.25) is 0 Å². The molecule has 0 unspecified atom stereocenters. The molecule has 7 nitrogen and oxygen atoms in total. The van der Waals surface area contributed by atoms with E-state index in [0.717, 1.165) is 40.6 Å². The van der Waals surface area contributed by atoms with Crippen molar-refractivity contribution >= 4 is 28.6 Å². The Labute approximate surface area is 158 Å². The van der Waals surface area contributed by atoms with Crippen LogP contribution in [-0.2, 0) is 0 Å². The summed E-state index contributed by atoms with van der Waals surface area (Å²) in [7, 11) is 1.79. The van der Waals surface area contributed by atoms with E-state index in [4.69, 9.17) is 16.9 Å². The Balaban J connectivity index is 1.84. The maximum absolute atomic E-state index is 7.55. The van der Waals surface area contributed by atoms with E-state index in [-0.39, 0.29) is 0 Å². The fraction of sp³-hybridized carbons (Fsp3) is 0.250. The van der Waals surface area contributed by atoms with Gasteiger partial charge in [-0.25, -0.2) is 4.98 Å². The summed E-state index contributed by atoms with van der Waals surface area (Å²) < 4.78 is 0. The number of anilines is 1. The molecule has 2 heterocycles. The third-order valence-corrected chi connectivity index (χ3v) is 4.69. The van der Waals surface area contributed by atoms with Crippen molar-refractivity contribution in [2.45, 2.75) is 19.3 Å². The van der Waals surface area contributed by atoms with Gasteiger partial charge in [-0.2, -0.15) is 0 Å². The van der Waals surface area contributed by atoms with E-state index in [1.165, 1.54) is 12.6 Å². The fourth-order valence-corrected chi connectivity index (χ4v) is 3.01. The highest BCUT2D eigenvalue weighted by atomic mass is 15.1. The maximum Gasteiger partial charge on any atom is 0.132 e. The van der Waals surface area contributed by atoms with Gasteiger partial charge in [0.1, 0.15) is 11.6 Å². The highest BCUT2D eigenvalue weighted by Gasteiger charge is 2.20. The summed E-state index contributed by atoms with van der Waals surface area (Å²) in [5, 5.41) is 13.6. The van der Waals surface area contributed by atoms with Crippen LogP contribution in [0.4, 0.5) is 5.82 Å². The molecule has 1 aliphatic rings. The van der Waals surface area contributed by atoms with Crippen LogP contribution in [0.15, 0.2) is 54.3 Å². The number of pyridine rings is 2. The van der Waals surface area contributed by atoms with E-state index >= 15 is 0 Å². The topological polar surface area (TPSA) is 126 Å². The van der Waals surface area contributed by atoms with E-state index in [2.05, 4.69) is 20.6 Å². The maximum atomic E-state index is 7.55. The van der Waals surface area contributed by atoms with Gasteiger partial charge in [-0.15, -0.1) is 0 Å². The third kappa shape index (κ3) is 4.25. The van der Waals surface area contributed by atoms with Gasteiger partial charge in [-0.3, -0.25) is 4.98 Å². The van der Waals surface area contributed by atoms with Crippen molar-refractivity contribution in [2.75, 3.05) is 12.4 Å². The molecule has 2 aromatic heterocycles. The minimum Gasteiger partial charge on any atom is -0.404 e. The van der Waals surface area contributed by atoms with Gasteiger partial charge in [0, 0.05) is 36.8 Å². The van der Waals surface area contributed by atoms with Gasteiger partial charge in [0.15, 0.2) is 0 Å². The minimum atomic E-state index is 0.504. The van der Waals surface area contributed by atoms with Crippen molar-refractivity contribution in [2.24, 2.45) is 17.4 Å². The summed E-state index contributed by atoms with van der Waals surface area (Å²) in [4.78, 5) is 9.02. The number of hydrogen-bond donors (Lipinski definition) is 5. The fourth-order valence-electron chi connectivity index (χ4n) is 3.01. The predicted octanol–water partition coefficient (Wildman–Crippen LogP) is 2.69. The first-order valence-electron chi connectivity index (χ1n) is 8.95. The van der Waals surface area contributed by atoms with Crippen LogP contribution >= 0.6 is 0 Å². The van der Waals surface area contributed by atoms with Crippen molar-refractivity contribution < 1.29 is 0 Å². The van der Waals surface area contributed by atoms with Crippen molar-refractivity contribution in [1.82, 2.24) is 15.3 Å². The lowest BCUT2D eigenvalue weighted by atomic mass is 9.80. The Morgan fingerprint density at radius 1 is 1.30 bits per heavy atom. The molecule has 0 bridgehead atoms. The molecule has 0 radical (unpaired) electrons. The standard InChI is InChI=1S/C20H25N7/c1-24-11-16(10-22)15-7-18-17(25-12-15)5-6-20(26-18)27-19(23)8-14(9-21)13-3-2-4-13/h5-13,22,24H,2-4,21,23H2,1H3,(H,26,27)/b14-9+,16-11+,19-8+,22-10?. The molecule has 3 rings (SSSR count). The van der Waals surface area contributed by atoms with Crippen LogP contribution in [0.25, 0.3) is 16.6 Å². The summed E-state index contributed by atoms with van der Waals surface area (Å²) in [6.45, 7) is 0. The molecular weight excluding hydrogens is 338 g/mol. The smallest absolute Gasteiger partial charge is 0.132 e. The van der Waals surface area contributed by atoms with E-state index in [1.54, 1.807) is 25.6 Å². The largest absolute Gasteiger partial charge is 0.404 e. The first kappa shape index (κ1) is 18.4. The van der Waals surface area contributed by atoms with Crippen molar-refractivity contribution in [1.29, 1.82) is 5.41 Å². The van der Waals surface area contributed by atoms with Crippen LogP contribution in [0.3, 0.4) is 0 Å². The molecule has 7 heteroatoms. The number of nitrogens with one attached hydrogen (secondary N) is 3. The molecule has 27 heavy (non-hydrogen) atoms. The SMILES string of the molecule is CN/C=C(\C=N)c1cnc2ccc(N/C(N)=C/C(=C\N)C3CCC3)nc2c1. The number of fused-ring (bicyclic) bond motifs is 1. The van der Waals surface area contributed by atoms with Crippen molar-refractivity contribution in [3.05, 3.63) is 59.8 Å². The first-order chi connectivity index (χ1) is 13.1. The van der Waals surface area contributed by atoms with Gasteiger partial charge in [0.2, 0.25) is 0 Å². The van der Waals surface area contributed by atoms with Crippen molar-refractivity contribution in [3.8, 4) is 0 Å². The van der Waals surface area contributed by atoms with E-state index in [0.29, 0.717) is 17.6 Å². The average Bonchev–Trinajstić information content (AvgIpc) is 2.63. The molecule has 0 atom stereocenters. The minimum absolute atomic E-state index is 0.504. The summed E-state index contributed by atoms with van der Waals surface area (Å²) >= 11 is 0. The number of allylic oxidation sites excluding steroid dienone is 3. The second kappa shape index (κ2) is 8.35. The van der Waals surface area contributed by atoms with Crippen LogP contribution < -0.4 is 22.1 Å². The zero-order chi connectivity index (χ0) is 19.2. The highest BCUT2D eigenvalue weighted by molar-refractivity contribution is 6.08. The van der Waals surface area contributed by atoms with Crippen LogP contribution in [0.1, 0.15) is 24.8 Å². The first-order valence-corrected chi connectivity index (χ1v) is 8.95. The van der Waals surface area contributed by atoms with E-state index in [9.17, 15) is 0 Å². The van der Waals surface area contributed by atoms with Gasteiger partial charge in [0.05, 0.1) is 11.0 Å². The molecule has 140 valence electrons. The summed E-state index contributed by atoms with van der Waals surface area (Å²) in [5.74, 6) is 1.64. The third-order valence-electron chi connectivity index (χ3n) is 4.69. The second-order valence-corrected chi connectivity index (χ2v) is 6.51. The lowest BCUT2D eigenvalue weighted by molar-refractivity contribution is 0.373. The number of nitrogens with two attached hydrogens (primary N) is 2. The van der Waals surface area contributed by atoms with Gasteiger partial charge < -0.3 is 27.5 Å². The molecule has 0 amide bonds. The lowest BCUT2D eigenvalue weighted by Gasteiger charge is -2.26. The monoisotopic (exact) mass is 363 g/mol. The van der Waals surface area contributed by atoms with Gasteiger partial charge in [0.25, 0.3) is 0 Å². The van der Waals surface area contributed by atoms with E-state index in [1.807, 2.05) is 24.3 Å². The van der Waals surface area contributed by atoms with Crippen molar-refractivity contribution in [3.63, 3.8) is 0 Å². The Kier molecular flexibility index (Phi) is 5.71. The molecule has 1 aliphatic carbocycles. The molecule has 0 aliphatic heterocycles. The number of aromatic nitrogens is 2. The molecule has 1 saturated carbocycles. The Morgan fingerprint density at radius 2 is 2.11 bits per heavy atom. The average molecular weight is 363 g/mol. The number of hydrogen-bond acceptors (Lipinski definition) is 7. The number of nitrogens with zero attached hydrogens (tertiary/aromatic N) is 2. The van der Waals surface area contributed by atoms with Crippen LogP contribution in [0.5, 0.6) is 0 Å².